The quantitative estimate of drug-likeness (QED) is 0.642. The van der Waals surface area contributed by atoms with E-state index in [0.29, 0.717) is 10.5 Å². The van der Waals surface area contributed by atoms with Crippen LogP contribution in [-0.4, -0.2) is 20.0 Å². The zero-order valence-electron chi connectivity index (χ0n) is 10.1. The minimum atomic E-state index is -0.853. The summed E-state index contributed by atoms with van der Waals surface area (Å²) in [5.74, 6) is 0.0988. The summed E-state index contributed by atoms with van der Waals surface area (Å²) >= 11 is 5.12. The molecule has 0 amide bonds. The molecule has 0 bridgehead atoms. The average molecular weight is 364 g/mol. The van der Waals surface area contributed by atoms with Crippen molar-refractivity contribution in [2.24, 2.45) is 0 Å². The molecule has 2 nitrogen and oxygen atoms in total. The van der Waals surface area contributed by atoms with Crippen LogP contribution in [0, 0.1) is 6.92 Å². The summed E-state index contributed by atoms with van der Waals surface area (Å²) in [6.45, 7) is 1.98. The van der Waals surface area contributed by atoms with Gasteiger partial charge in [-0.1, -0.05) is 0 Å². The number of nitrogens with zero attached hydrogens (tertiary/aromatic N) is 1. The number of halogens is 2. The Morgan fingerprint density at radius 3 is 2.71 bits per heavy atom. The molecule has 0 radical (unpaired) electrons. The molecular weight excluding hydrogens is 349 g/mol. The Bertz CT molecular complexity index is 569. The summed E-state index contributed by atoms with van der Waals surface area (Å²) in [4.78, 5) is 9.15. The van der Waals surface area contributed by atoms with Crippen molar-refractivity contribution in [1.29, 1.82) is 0 Å². The summed E-state index contributed by atoms with van der Waals surface area (Å²) in [5.41, 5.74) is 2.74. The van der Waals surface area contributed by atoms with E-state index in [4.69, 9.17) is 11.6 Å². The van der Waals surface area contributed by atoms with Crippen LogP contribution in [0.5, 0.6) is 5.75 Å². The Labute approximate surface area is 113 Å². The number of aromatic hydroxyl groups is 1. The Morgan fingerprint density at radius 2 is 2.06 bits per heavy atom. The van der Waals surface area contributed by atoms with Crippen LogP contribution in [0.1, 0.15) is 11.3 Å². The van der Waals surface area contributed by atoms with Crippen molar-refractivity contribution in [3.8, 4) is 5.75 Å². The van der Waals surface area contributed by atoms with Crippen LogP contribution in [0.4, 0.5) is 0 Å². The van der Waals surface area contributed by atoms with Crippen molar-refractivity contribution in [2.45, 2.75) is 11.4 Å². The van der Waals surface area contributed by atoms with E-state index in [0.717, 1.165) is 21.1 Å². The summed E-state index contributed by atoms with van der Waals surface area (Å²) in [5, 5.41) is 11.3. The number of aromatic nitrogens is 1. The van der Waals surface area contributed by atoms with Crippen LogP contribution < -0.4 is 0 Å². The maximum atomic E-state index is 9.96. The number of hydrogen-bond acceptors (Lipinski definition) is 2. The molecule has 0 fully saturated rings. The molecule has 2 rings (SSSR count). The molecule has 1 heterocycles. The van der Waals surface area contributed by atoms with Gasteiger partial charge in [0.25, 0.3) is 0 Å². The number of pyridine rings is 1. The van der Waals surface area contributed by atoms with Gasteiger partial charge in [0.15, 0.2) is 0 Å². The standard InChI is InChI=1S/C13H15ClINO/c1-8-6-11(14)13(17)12-10(8)5-4-9(16-12)7-15(2)3/h4-6,17H,7H2,1-3H3. The van der Waals surface area contributed by atoms with Gasteiger partial charge in [-0.3, -0.25) is 0 Å². The Kier molecular flexibility index (Phi) is 3.78. The topological polar surface area (TPSA) is 33.1 Å². The molecule has 1 N–H and O–H groups in total. The first-order valence-electron chi connectivity index (χ1n) is 5.22. The van der Waals surface area contributed by atoms with E-state index >= 15 is 0 Å². The van der Waals surface area contributed by atoms with Crippen molar-refractivity contribution in [1.82, 2.24) is 4.98 Å². The van der Waals surface area contributed by atoms with E-state index in [2.05, 4.69) is 20.9 Å². The third-order valence-corrected chi connectivity index (χ3v) is 5.17. The zero-order valence-corrected chi connectivity index (χ0v) is 13.0. The van der Waals surface area contributed by atoms with Gasteiger partial charge in [-0.15, -0.1) is 0 Å². The number of phenolic OH excluding ortho intramolecular Hbond substituents is 1. The number of benzene rings is 1. The summed E-state index contributed by atoms with van der Waals surface area (Å²) in [6, 6.07) is 5.86. The molecule has 0 aliphatic carbocycles. The second-order valence-corrected chi connectivity index (χ2v) is 10.6. The molecule has 0 unspecified atom stereocenters. The number of phenols is 1. The molecule has 1 aromatic heterocycles. The van der Waals surface area contributed by atoms with Gasteiger partial charge in [0, 0.05) is 0 Å². The predicted molar refractivity (Wildman–Crippen MR) is 82.7 cm³/mol. The minimum absolute atomic E-state index is 0.0988. The van der Waals surface area contributed by atoms with E-state index in [-0.39, 0.29) is 5.75 Å². The van der Waals surface area contributed by atoms with Crippen LogP contribution in [0.2, 0.25) is 5.02 Å². The van der Waals surface area contributed by atoms with E-state index < -0.39 is 19.8 Å². The number of fused-ring (bicyclic) bond motifs is 1. The van der Waals surface area contributed by atoms with E-state index in [1.165, 1.54) is 0 Å². The average Bonchev–Trinajstić information content (AvgIpc) is 2.25. The second kappa shape index (κ2) is 4.98. The molecule has 1 aromatic carbocycles. The summed E-state index contributed by atoms with van der Waals surface area (Å²) in [7, 11) is 0. The predicted octanol–water partition coefficient (Wildman–Crippen LogP) is 4.17. The molecular formula is C13H15ClINO. The maximum absolute atomic E-state index is 9.96. The molecule has 0 spiro atoms. The van der Waals surface area contributed by atoms with Crippen LogP contribution in [0.25, 0.3) is 10.9 Å². The Morgan fingerprint density at radius 1 is 1.35 bits per heavy atom. The Balaban J connectivity index is 2.63. The molecule has 2 aromatic rings. The molecule has 0 saturated heterocycles. The normalized spacial score (nSPS) is 11.9. The third-order valence-electron chi connectivity index (χ3n) is 2.58. The van der Waals surface area contributed by atoms with Crippen LogP contribution in [0.3, 0.4) is 0 Å². The van der Waals surface area contributed by atoms with Gasteiger partial charge in [-0.05, 0) is 0 Å². The monoisotopic (exact) mass is 363 g/mol. The van der Waals surface area contributed by atoms with Gasteiger partial charge in [0.1, 0.15) is 0 Å². The number of aryl methyl sites for hydroxylation is 1. The second-order valence-electron chi connectivity index (χ2n) is 4.27. The van der Waals surface area contributed by atoms with E-state index in [1.807, 2.05) is 13.0 Å². The Hall–Kier alpha value is -0.550. The van der Waals surface area contributed by atoms with Crippen molar-refractivity contribution < 1.29 is 5.11 Å². The number of rotatable bonds is 2. The number of alkyl halides is 3. The molecule has 4 heteroatoms. The first-order chi connectivity index (χ1) is 7.99. The first kappa shape index (κ1) is 12.9. The van der Waals surface area contributed by atoms with Crippen LogP contribution in [0.15, 0.2) is 18.2 Å². The fourth-order valence-electron chi connectivity index (χ4n) is 1.80. The fourth-order valence-corrected chi connectivity index (χ4v) is 4.04. The van der Waals surface area contributed by atoms with Crippen molar-refractivity contribution in [2.75, 3.05) is 9.86 Å². The SMILES string of the molecule is Cc1cc(Cl)c(O)c2nc(CI(C)C)ccc12. The van der Waals surface area contributed by atoms with Crippen molar-refractivity contribution in [3.05, 3.63) is 34.5 Å². The summed E-state index contributed by atoms with van der Waals surface area (Å²) in [6.07, 6.45) is 0. The number of hydrogen-bond donors (Lipinski definition) is 1. The molecule has 0 saturated carbocycles. The third kappa shape index (κ3) is 2.65. The molecule has 17 heavy (non-hydrogen) atoms. The van der Waals surface area contributed by atoms with Gasteiger partial charge in [-0.2, -0.15) is 0 Å². The molecule has 0 aliphatic heterocycles. The van der Waals surface area contributed by atoms with Crippen LogP contribution >= 0.6 is 31.4 Å². The van der Waals surface area contributed by atoms with Gasteiger partial charge >= 0.3 is 114 Å². The zero-order chi connectivity index (χ0) is 12.6. The fraction of sp³-hybridized carbons (Fsp3) is 0.308. The molecule has 92 valence electrons. The van der Waals surface area contributed by atoms with E-state index in [9.17, 15) is 5.11 Å². The van der Waals surface area contributed by atoms with Crippen molar-refractivity contribution in [3.63, 3.8) is 0 Å². The first-order valence-corrected chi connectivity index (χ1v) is 11.4. The molecule has 0 aliphatic rings. The van der Waals surface area contributed by atoms with Gasteiger partial charge < -0.3 is 0 Å². The van der Waals surface area contributed by atoms with Crippen LogP contribution in [-0.2, 0) is 4.43 Å². The van der Waals surface area contributed by atoms with Gasteiger partial charge in [-0.25, -0.2) is 0 Å². The van der Waals surface area contributed by atoms with E-state index in [1.54, 1.807) is 6.07 Å². The van der Waals surface area contributed by atoms with Gasteiger partial charge in [0.2, 0.25) is 0 Å². The van der Waals surface area contributed by atoms with Gasteiger partial charge in [0.05, 0.1) is 0 Å². The summed E-state index contributed by atoms with van der Waals surface area (Å²) < 4.78 is 1.06. The van der Waals surface area contributed by atoms with Crippen molar-refractivity contribution >= 4 is 42.3 Å². The molecule has 0 atom stereocenters.